The number of carbonyl (C=O) groups excluding carboxylic acids is 2. The van der Waals surface area contributed by atoms with Crippen LogP contribution in [-0.4, -0.2) is 50.7 Å². The third kappa shape index (κ3) is 4.60. The molecule has 0 aliphatic carbocycles. The maximum absolute atomic E-state index is 13.1. The molecule has 1 aromatic carbocycles. The first kappa shape index (κ1) is 21.8. The Kier molecular flexibility index (Phi) is 6.31. The number of nitrogens with one attached hydrogen (secondary N) is 1. The normalized spacial score (nSPS) is 20.0. The van der Waals surface area contributed by atoms with Crippen molar-refractivity contribution in [2.24, 2.45) is 11.7 Å². The summed E-state index contributed by atoms with van der Waals surface area (Å²) in [7, 11) is -3.59. The Labute approximate surface area is 186 Å². The van der Waals surface area contributed by atoms with Crippen molar-refractivity contribution in [3.05, 3.63) is 41.3 Å². The van der Waals surface area contributed by atoms with Crippen LogP contribution >= 0.6 is 11.3 Å². The Morgan fingerprint density at radius 1 is 1.10 bits per heavy atom. The second-order valence-corrected chi connectivity index (χ2v) is 11.0. The van der Waals surface area contributed by atoms with Gasteiger partial charge in [-0.2, -0.15) is 4.31 Å². The number of amides is 2. The number of benzene rings is 1. The van der Waals surface area contributed by atoms with E-state index in [9.17, 15) is 18.0 Å². The van der Waals surface area contributed by atoms with Gasteiger partial charge in [0, 0.05) is 31.7 Å². The molecule has 1 atom stereocenters. The Morgan fingerprint density at radius 3 is 2.55 bits per heavy atom. The largest absolute Gasteiger partial charge is 0.370 e. The molecule has 2 saturated heterocycles. The monoisotopic (exact) mass is 462 g/mol. The van der Waals surface area contributed by atoms with E-state index in [0.717, 1.165) is 31.6 Å². The van der Waals surface area contributed by atoms with Crippen LogP contribution in [0.4, 0.5) is 11.4 Å². The maximum Gasteiger partial charge on any atom is 0.252 e. The van der Waals surface area contributed by atoms with Gasteiger partial charge in [-0.15, -0.1) is 11.3 Å². The second kappa shape index (κ2) is 8.97. The quantitative estimate of drug-likeness (QED) is 0.685. The molecule has 2 aliphatic rings. The van der Waals surface area contributed by atoms with E-state index in [-0.39, 0.29) is 12.5 Å². The SMILES string of the molecule is NC(=O)c1ccc(N2CCCC2)c(NC(=O)C2CCCN(S(=O)(=O)c3cccs3)C2)c1. The number of anilines is 2. The zero-order chi connectivity index (χ0) is 22.0. The van der Waals surface area contributed by atoms with Crippen LogP contribution in [0.25, 0.3) is 0 Å². The van der Waals surface area contributed by atoms with Crippen molar-refractivity contribution in [1.82, 2.24) is 4.31 Å². The van der Waals surface area contributed by atoms with Crippen LogP contribution in [0, 0.1) is 5.92 Å². The van der Waals surface area contributed by atoms with Crippen LogP contribution in [0.5, 0.6) is 0 Å². The molecule has 0 saturated carbocycles. The van der Waals surface area contributed by atoms with Gasteiger partial charge in [0.25, 0.3) is 10.0 Å². The topological polar surface area (TPSA) is 113 Å². The molecule has 3 heterocycles. The van der Waals surface area contributed by atoms with Gasteiger partial charge in [0.15, 0.2) is 0 Å². The minimum Gasteiger partial charge on any atom is -0.370 e. The maximum atomic E-state index is 13.1. The lowest BCUT2D eigenvalue weighted by Gasteiger charge is -2.31. The smallest absolute Gasteiger partial charge is 0.252 e. The molecule has 10 heteroatoms. The number of hydrogen-bond acceptors (Lipinski definition) is 6. The summed E-state index contributed by atoms with van der Waals surface area (Å²) in [5.41, 5.74) is 7.16. The van der Waals surface area contributed by atoms with Gasteiger partial charge in [-0.25, -0.2) is 8.42 Å². The minimum absolute atomic E-state index is 0.140. The van der Waals surface area contributed by atoms with Gasteiger partial charge in [-0.1, -0.05) is 6.07 Å². The van der Waals surface area contributed by atoms with E-state index in [2.05, 4.69) is 10.2 Å². The van der Waals surface area contributed by atoms with Gasteiger partial charge in [0.2, 0.25) is 11.8 Å². The fraction of sp³-hybridized carbons (Fsp3) is 0.429. The molecule has 3 N–H and O–H groups in total. The van der Waals surface area contributed by atoms with Crippen LogP contribution in [0.1, 0.15) is 36.0 Å². The van der Waals surface area contributed by atoms with Crippen LogP contribution in [0.15, 0.2) is 39.9 Å². The molecule has 31 heavy (non-hydrogen) atoms. The van der Waals surface area contributed by atoms with Crippen molar-refractivity contribution in [2.75, 3.05) is 36.4 Å². The number of carbonyl (C=O) groups is 2. The molecule has 2 fully saturated rings. The molecule has 1 aromatic heterocycles. The first-order chi connectivity index (χ1) is 14.9. The average molecular weight is 463 g/mol. The van der Waals surface area contributed by atoms with Gasteiger partial charge in [-0.3, -0.25) is 9.59 Å². The zero-order valence-electron chi connectivity index (χ0n) is 17.1. The summed E-state index contributed by atoms with van der Waals surface area (Å²) in [5, 5.41) is 4.68. The molecule has 4 rings (SSSR count). The number of sulfonamides is 1. The van der Waals surface area contributed by atoms with E-state index in [1.54, 1.807) is 29.6 Å². The highest BCUT2D eigenvalue weighted by Gasteiger charge is 2.34. The summed E-state index contributed by atoms with van der Waals surface area (Å²) < 4.78 is 27.4. The number of piperidine rings is 1. The highest BCUT2D eigenvalue weighted by atomic mass is 32.2. The predicted octanol–water partition coefficient (Wildman–Crippen LogP) is 2.49. The standard InChI is InChI=1S/C21H26N4O4S2/c22-20(26)15-7-8-18(24-9-1-2-10-24)17(13-15)23-21(27)16-5-3-11-25(14-16)31(28,29)19-6-4-12-30-19/h4,6-8,12-13,16H,1-3,5,9-11,14H2,(H2,22,26)(H,23,27). The van der Waals surface area contributed by atoms with Gasteiger partial charge in [0.1, 0.15) is 4.21 Å². The van der Waals surface area contributed by atoms with E-state index < -0.39 is 21.8 Å². The van der Waals surface area contributed by atoms with Crippen molar-refractivity contribution in [3.8, 4) is 0 Å². The first-order valence-electron chi connectivity index (χ1n) is 10.4. The highest BCUT2D eigenvalue weighted by Crippen LogP contribution is 2.32. The van der Waals surface area contributed by atoms with Gasteiger partial charge >= 0.3 is 0 Å². The number of nitrogens with zero attached hydrogens (tertiary/aromatic N) is 2. The van der Waals surface area contributed by atoms with Crippen molar-refractivity contribution in [1.29, 1.82) is 0 Å². The summed E-state index contributed by atoms with van der Waals surface area (Å²) in [5.74, 6) is -1.27. The lowest BCUT2D eigenvalue weighted by atomic mass is 9.98. The molecule has 0 radical (unpaired) electrons. The Hall–Kier alpha value is -2.43. The Morgan fingerprint density at radius 2 is 1.87 bits per heavy atom. The van der Waals surface area contributed by atoms with E-state index >= 15 is 0 Å². The van der Waals surface area contributed by atoms with E-state index in [1.807, 2.05) is 6.07 Å². The van der Waals surface area contributed by atoms with Crippen LogP contribution in [-0.2, 0) is 14.8 Å². The number of thiophene rings is 1. The molecule has 2 amide bonds. The van der Waals surface area contributed by atoms with Crippen LogP contribution in [0.3, 0.4) is 0 Å². The zero-order valence-corrected chi connectivity index (χ0v) is 18.8. The fourth-order valence-electron chi connectivity index (χ4n) is 4.17. The summed E-state index contributed by atoms with van der Waals surface area (Å²) in [6.07, 6.45) is 3.37. The lowest BCUT2D eigenvalue weighted by Crippen LogP contribution is -2.43. The number of primary amides is 1. The molecule has 166 valence electrons. The van der Waals surface area contributed by atoms with Crippen LogP contribution < -0.4 is 16.0 Å². The van der Waals surface area contributed by atoms with Crippen molar-refractivity contribution >= 4 is 44.5 Å². The minimum atomic E-state index is -3.59. The molecule has 2 aromatic rings. The Bertz CT molecular complexity index is 1060. The third-order valence-electron chi connectivity index (χ3n) is 5.83. The number of rotatable bonds is 6. The van der Waals surface area contributed by atoms with Crippen LogP contribution in [0.2, 0.25) is 0 Å². The fourth-order valence-corrected chi connectivity index (χ4v) is 6.84. The molecule has 8 nitrogen and oxygen atoms in total. The van der Waals surface area contributed by atoms with Gasteiger partial charge in [-0.05, 0) is 55.3 Å². The lowest BCUT2D eigenvalue weighted by molar-refractivity contribution is -0.120. The first-order valence-corrected chi connectivity index (χ1v) is 12.7. The van der Waals surface area contributed by atoms with Gasteiger partial charge in [0.05, 0.1) is 17.3 Å². The van der Waals surface area contributed by atoms with Crippen molar-refractivity contribution in [3.63, 3.8) is 0 Å². The van der Waals surface area contributed by atoms with E-state index in [0.29, 0.717) is 34.8 Å². The average Bonchev–Trinajstić information content (AvgIpc) is 3.48. The third-order valence-corrected chi connectivity index (χ3v) is 9.07. The highest BCUT2D eigenvalue weighted by molar-refractivity contribution is 7.91. The summed E-state index contributed by atoms with van der Waals surface area (Å²) in [6.45, 7) is 2.31. The summed E-state index contributed by atoms with van der Waals surface area (Å²) in [4.78, 5) is 26.9. The van der Waals surface area contributed by atoms with E-state index in [4.69, 9.17) is 5.73 Å². The van der Waals surface area contributed by atoms with E-state index in [1.165, 1.54) is 15.6 Å². The predicted molar refractivity (Wildman–Crippen MR) is 121 cm³/mol. The molecule has 1 unspecified atom stereocenters. The molecular formula is C21H26N4O4S2. The molecular weight excluding hydrogens is 436 g/mol. The number of nitrogens with two attached hydrogens (primary N) is 1. The van der Waals surface area contributed by atoms with Gasteiger partial charge < -0.3 is 16.0 Å². The number of hydrogen-bond donors (Lipinski definition) is 2. The molecule has 0 spiro atoms. The molecule has 0 bridgehead atoms. The summed E-state index contributed by atoms with van der Waals surface area (Å²) in [6, 6.07) is 8.38. The van der Waals surface area contributed by atoms with Crippen molar-refractivity contribution < 1.29 is 18.0 Å². The Balaban J connectivity index is 1.53. The van der Waals surface area contributed by atoms with Crippen molar-refractivity contribution in [2.45, 2.75) is 29.9 Å². The summed E-state index contributed by atoms with van der Waals surface area (Å²) >= 11 is 1.18. The second-order valence-electron chi connectivity index (χ2n) is 7.91. The molecule has 2 aliphatic heterocycles.